The fourth-order valence-electron chi connectivity index (χ4n) is 4.11. The zero-order valence-corrected chi connectivity index (χ0v) is 12.6. The van der Waals surface area contributed by atoms with Gasteiger partial charge < -0.3 is 16.4 Å². The molecule has 122 valence electrons. The monoisotopic (exact) mass is 308 g/mol. The van der Waals surface area contributed by atoms with Crippen molar-refractivity contribution in [2.75, 3.05) is 13.1 Å². The van der Waals surface area contributed by atoms with Crippen molar-refractivity contribution < 1.29 is 14.4 Å². The van der Waals surface area contributed by atoms with Gasteiger partial charge in [0.05, 0.1) is 6.17 Å². The van der Waals surface area contributed by atoms with Gasteiger partial charge in [-0.2, -0.15) is 0 Å². The number of primary amides is 1. The average Bonchev–Trinajstić information content (AvgIpc) is 3.15. The summed E-state index contributed by atoms with van der Waals surface area (Å²) in [4.78, 5) is 35.7. The quantitative estimate of drug-likeness (QED) is 0.492. The molecule has 2 saturated heterocycles. The van der Waals surface area contributed by atoms with Crippen LogP contribution in [0.2, 0.25) is 0 Å². The molecule has 5 atom stereocenters. The van der Waals surface area contributed by atoms with Gasteiger partial charge >= 0.3 is 0 Å². The van der Waals surface area contributed by atoms with Crippen molar-refractivity contribution >= 4 is 17.7 Å². The van der Waals surface area contributed by atoms with E-state index in [9.17, 15) is 14.4 Å². The van der Waals surface area contributed by atoms with Gasteiger partial charge in [-0.05, 0) is 37.5 Å². The number of hydrogen-bond acceptors (Lipinski definition) is 4. The van der Waals surface area contributed by atoms with Crippen molar-refractivity contribution in [1.82, 2.24) is 16.0 Å². The van der Waals surface area contributed by atoms with Gasteiger partial charge in [0, 0.05) is 19.0 Å². The Bertz CT molecular complexity index is 481. The summed E-state index contributed by atoms with van der Waals surface area (Å²) < 4.78 is 0. The molecule has 0 unspecified atom stereocenters. The van der Waals surface area contributed by atoms with Crippen LogP contribution in [-0.4, -0.2) is 37.0 Å². The number of nitrogens with one attached hydrogen (secondary N) is 3. The maximum absolute atomic E-state index is 12.4. The van der Waals surface area contributed by atoms with Crippen molar-refractivity contribution in [3.63, 3.8) is 0 Å². The Morgan fingerprint density at radius 2 is 2.14 bits per heavy atom. The second kappa shape index (κ2) is 6.24. The van der Waals surface area contributed by atoms with E-state index < -0.39 is 11.8 Å². The molecule has 5 N–H and O–H groups in total. The number of carbonyl (C=O) groups is 3. The third-order valence-corrected chi connectivity index (χ3v) is 5.39. The minimum absolute atomic E-state index is 0.0701. The molecule has 1 saturated carbocycles. The summed E-state index contributed by atoms with van der Waals surface area (Å²) >= 11 is 0. The van der Waals surface area contributed by atoms with Crippen LogP contribution in [-0.2, 0) is 14.4 Å². The molecule has 0 aromatic rings. The fraction of sp³-hybridized carbons (Fsp3) is 0.800. The van der Waals surface area contributed by atoms with E-state index in [4.69, 9.17) is 5.73 Å². The molecule has 22 heavy (non-hydrogen) atoms. The van der Waals surface area contributed by atoms with Crippen LogP contribution in [0.1, 0.15) is 32.1 Å². The number of carbonyl (C=O) groups excluding carboxylic acids is 3. The van der Waals surface area contributed by atoms with Crippen molar-refractivity contribution in [3.8, 4) is 0 Å². The van der Waals surface area contributed by atoms with Crippen LogP contribution in [0.3, 0.4) is 0 Å². The molecule has 2 heterocycles. The maximum atomic E-state index is 12.4. The lowest BCUT2D eigenvalue weighted by molar-refractivity contribution is -0.135. The van der Waals surface area contributed by atoms with Gasteiger partial charge in [-0.25, -0.2) is 0 Å². The SMILES string of the molecule is NC(=O)[C@H](C[C@H]1CCNC1=O)C(=O)N[C@@H]1NC[C@@H]2CCC[C@@H]21. The first-order valence-electron chi connectivity index (χ1n) is 8.17. The highest BCUT2D eigenvalue weighted by Crippen LogP contribution is 2.36. The number of hydrogen-bond donors (Lipinski definition) is 4. The van der Waals surface area contributed by atoms with E-state index in [0.717, 1.165) is 13.0 Å². The highest BCUT2D eigenvalue weighted by atomic mass is 16.2. The van der Waals surface area contributed by atoms with Crippen LogP contribution in [0, 0.1) is 23.7 Å². The lowest BCUT2D eigenvalue weighted by atomic mass is 9.91. The molecule has 0 bridgehead atoms. The molecule has 0 radical (unpaired) electrons. The van der Waals surface area contributed by atoms with Gasteiger partial charge in [-0.1, -0.05) is 6.42 Å². The van der Waals surface area contributed by atoms with Gasteiger partial charge in [0.25, 0.3) is 0 Å². The lowest BCUT2D eigenvalue weighted by Gasteiger charge is -2.23. The molecule has 3 rings (SSSR count). The van der Waals surface area contributed by atoms with Crippen LogP contribution < -0.4 is 21.7 Å². The molecular formula is C15H24N4O3. The van der Waals surface area contributed by atoms with Crippen LogP contribution in [0.5, 0.6) is 0 Å². The van der Waals surface area contributed by atoms with E-state index in [0.29, 0.717) is 24.8 Å². The fourth-order valence-corrected chi connectivity index (χ4v) is 4.11. The van der Waals surface area contributed by atoms with Gasteiger partial charge in [0.2, 0.25) is 17.7 Å². The zero-order valence-electron chi connectivity index (χ0n) is 12.6. The third kappa shape index (κ3) is 2.95. The predicted molar refractivity (Wildman–Crippen MR) is 79.2 cm³/mol. The van der Waals surface area contributed by atoms with Gasteiger partial charge in [0.15, 0.2) is 0 Å². The van der Waals surface area contributed by atoms with E-state index in [2.05, 4.69) is 16.0 Å². The summed E-state index contributed by atoms with van der Waals surface area (Å²) in [7, 11) is 0. The molecular weight excluding hydrogens is 284 g/mol. The van der Waals surface area contributed by atoms with E-state index in [1.807, 2.05) is 0 Å². The molecule has 7 nitrogen and oxygen atoms in total. The number of amides is 3. The first-order chi connectivity index (χ1) is 10.6. The molecule has 7 heteroatoms. The molecule has 3 aliphatic rings. The summed E-state index contributed by atoms with van der Waals surface area (Å²) in [6.07, 6.45) is 4.29. The van der Waals surface area contributed by atoms with Crippen LogP contribution >= 0.6 is 0 Å². The smallest absolute Gasteiger partial charge is 0.233 e. The Balaban J connectivity index is 1.60. The number of rotatable bonds is 5. The number of nitrogens with two attached hydrogens (primary N) is 1. The molecule has 0 aromatic carbocycles. The van der Waals surface area contributed by atoms with Crippen molar-refractivity contribution in [2.24, 2.45) is 29.4 Å². The molecule has 1 aliphatic carbocycles. The minimum Gasteiger partial charge on any atom is -0.369 e. The Morgan fingerprint density at radius 3 is 2.82 bits per heavy atom. The molecule has 3 fully saturated rings. The first-order valence-corrected chi connectivity index (χ1v) is 8.17. The Labute approximate surface area is 129 Å². The minimum atomic E-state index is -0.934. The highest BCUT2D eigenvalue weighted by molar-refractivity contribution is 6.00. The second-order valence-electron chi connectivity index (χ2n) is 6.72. The molecule has 2 aliphatic heterocycles. The zero-order chi connectivity index (χ0) is 15.7. The van der Waals surface area contributed by atoms with Gasteiger partial charge in [0.1, 0.15) is 5.92 Å². The van der Waals surface area contributed by atoms with Gasteiger partial charge in [-0.3, -0.25) is 19.7 Å². The first kappa shape index (κ1) is 15.3. The summed E-state index contributed by atoms with van der Waals surface area (Å²) in [5.74, 6) is -1.25. The van der Waals surface area contributed by atoms with Crippen molar-refractivity contribution in [1.29, 1.82) is 0 Å². The summed E-state index contributed by atoms with van der Waals surface area (Å²) in [6.45, 7) is 1.52. The van der Waals surface area contributed by atoms with E-state index in [1.54, 1.807) is 0 Å². The second-order valence-corrected chi connectivity index (χ2v) is 6.72. The third-order valence-electron chi connectivity index (χ3n) is 5.39. The van der Waals surface area contributed by atoms with Gasteiger partial charge in [-0.15, -0.1) is 0 Å². The Kier molecular flexibility index (Phi) is 4.33. The predicted octanol–water partition coefficient (Wildman–Crippen LogP) is -0.924. The molecule has 0 spiro atoms. The van der Waals surface area contributed by atoms with Crippen LogP contribution in [0.25, 0.3) is 0 Å². The van der Waals surface area contributed by atoms with E-state index in [1.165, 1.54) is 12.8 Å². The van der Waals surface area contributed by atoms with E-state index in [-0.39, 0.29) is 30.3 Å². The maximum Gasteiger partial charge on any atom is 0.233 e. The van der Waals surface area contributed by atoms with Crippen molar-refractivity contribution in [2.45, 2.75) is 38.3 Å². The van der Waals surface area contributed by atoms with Crippen LogP contribution in [0.15, 0.2) is 0 Å². The standard InChI is InChI=1S/C15H24N4O3/c16-12(20)11(6-8-4-5-17-14(8)21)15(22)19-13-10-3-1-2-9(10)7-18-13/h8-11,13,18H,1-7H2,(H2,16,20)(H,17,21)(H,19,22)/t8-,9+,10+,11+,13+/m1/s1. The summed E-state index contributed by atoms with van der Waals surface area (Å²) in [5.41, 5.74) is 5.39. The molecule has 0 aromatic heterocycles. The summed E-state index contributed by atoms with van der Waals surface area (Å²) in [5, 5.41) is 8.98. The normalized spacial score (nSPS) is 35.0. The lowest BCUT2D eigenvalue weighted by Crippen LogP contribution is -2.50. The average molecular weight is 308 g/mol. The molecule has 3 amide bonds. The Morgan fingerprint density at radius 1 is 1.32 bits per heavy atom. The number of fused-ring (bicyclic) bond motifs is 1. The topological polar surface area (TPSA) is 113 Å². The summed E-state index contributed by atoms with van der Waals surface area (Å²) in [6, 6.07) is 0. The van der Waals surface area contributed by atoms with Crippen LogP contribution in [0.4, 0.5) is 0 Å². The van der Waals surface area contributed by atoms with Crippen molar-refractivity contribution in [3.05, 3.63) is 0 Å². The largest absolute Gasteiger partial charge is 0.369 e. The van der Waals surface area contributed by atoms with E-state index >= 15 is 0 Å². The Hall–Kier alpha value is -1.63. The highest BCUT2D eigenvalue weighted by Gasteiger charge is 2.41.